The molecule has 0 aromatic heterocycles. The molecule has 0 fully saturated rings. The molecule has 0 spiro atoms. The molecule has 0 amide bonds. The van der Waals surface area contributed by atoms with Crippen LogP contribution in [-0.2, 0) is 0 Å². The summed E-state index contributed by atoms with van der Waals surface area (Å²) in [5.41, 5.74) is 3.99. The van der Waals surface area contributed by atoms with Crippen LogP contribution < -0.4 is 16.0 Å². The van der Waals surface area contributed by atoms with E-state index in [1.807, 2.05) is 32.0 Å². The van der Waals surface area contributed by atoms with Gasteiger partial charge in [-0.15, -0.1) is 0 Å². The van der Waals surface area contributed by atoms with Gasteiger partial charge in [0.1, 0.15) is 5.75 Å². The van der Waals surface area contributed by atoms with E-state index in [2.05, 4.69) is 44.3 Å². The molecule has 4 nitrogen and oxygen atoms in total. The van der Waals surface area contributed by atoms with E-state index < -0.39 is 0 Å². The summed E-state index contributed by atoms with van der Waals surface area (Å²) in [5, 5.41) is 0. The smallest absolute Gasteiger partial charge is 0.124 e. The Labute approximate surface area is 123 Å². The maximum absolute atomic E-state index is 5.93. The van der Waals surface area contributed by atoms with E-state index in [4.69, 9.17) is 10.6 Å². The lowest BCUT2D eigenvalue weighted by atomic mass is 9.83. The Hall–Kier alpha value is -1.10. The second kappa shape index (κ2) is 7.07. The van der Waals surface area contributed by atoms with Gasteiger partial charge in [0.05, 0.1) is 12.1 Å². The van der Waals surface area contributed by atoms with Gasteiger partial charge < -0.3 is 9.64 Å². The lowest BCUT2D eigenvalue weighted by Gasteiger charge is -2.43. The quantitative estimate of drug-likeness (QED) is 0.595. The van der Waals surface area contributed by atoms with Crippen molar-refractivity contribution < 1.29 is 4.74 Å². The molecule has 0 saturated heterocycles. The summed E-state index contributed by atoms with van der Waals surface area (Å²) in [6.45, 7) is 8.46. The monoisotopic (exact) mass is 279 g/mol. The largest absolute Gasteiger partial charge is 0.491 e. The molecule has 0 aliphatic carbocycles. The van der Waals surface area contributed by atoms with Crippen molar-refractivity contribution in [3.63, 3.8) is 0 Å². The fraction of sp³-hybridized carbons (Fsp3) is 0.625. The molecule has 2 atom stereocenters. The summed E-state index contributed by atoms with van der Waals surface area (Å²) in [7, 11) is 4.17. The van der Waals surface area contributed by atoms with Gasteiger partial charge in [0.25, 0.3) is 0 Å². The Morgan fingerprint density at radius 3 is 2.35 bits per heavy atom. The zero-order valence-corrected chi connectivity index (χ0v) is 13.6. The third kappa shape index (κ3) is 3.51. The zero-order valence-electron chi connectivity index (χ0n) is 13.6. The summed E-state index contributed by atoms with van der Waals surface area (Å²) in [4.78, 5) is 2.21. The van der Waals surface area contributed by atoms with Gasteiger partial charge in [-0.2, -0.15) is 0 Å². The Bertz CT molecular complexity index is 420. The van der Waals surface area contributed by atoms with Crippen LogP contribution in [0, 0.1) is 0 Å². The first kappa shape index (κ1) is 17.0. The molecule has 1 aromatic rings. The fourth-order valence-electron chi connectivity index (χ4n) is 2.46. The van der Waals surface area contributed by atoms with E-state index >= 15 is 0 Å². The van der Waals surface area contributed by atoms with Crippen LogP contribution in [0.3, 0.4) is 0 Å². The summed E-state index contributed by atoms with van der Waals surface area (Å²) in [6.07, 6.45) is 1.12. The van der Waals surface area contributed by atoms with Gasteiger partial charge >= 0.3 is 0 Å². The van der Waals surface area contributed by atoms with Crippen molar-refractivity contribution in [2.24, 2.45) is 5.84 Å². The molecule has 3 N–H and O–H groups in total. The SMILES string of the molecule is CCC(C)(C(NN)c1ccccc1OC(C)C)N(C)C. The second-order valence-electron chi connectivity index (χ2n) is 5.91. The van der Waals surface area contributed by atoms with Gasteiger partial charge in [-0.1, -0.05) is 25.1 Å². The third-order valence-corrected chi connectivity index (χ3v) is 4.12. The molecule has 0 heterocycles. The summed E-state index contributed by atoms with van der Waals surface area (Å²) < 4.78 is 5.93. The van der Waals surface area contributed by atoms with Crippen molar-refractivity contribution in [1.29, 1.82) is 0 Å². The van der Waals surface area contributed by atoms with Crippen molar-refractivity contribution in [3.8, 4) is 5.75 Å². The number of nitrogens with one attached hydrogen (secondary N) is 1. The molecule has 0 bridgehead atoms. The lowest BCUT2D eigenvalue weighted by molar-refractivity contribution is 0.110. The molecule has 1 aromatic carbocycles. The molecule has 0 radical (unpaired) electrons. The highest BCUT2D eigenvalue weighted by Crippen LogP contribution is 2.36. The van der Waals surface area contributed by atoms with Crippen molar-refractivity contribution in [2.45, 2.75) is 51.8 Å². The van der Waals surface area contributed by atoms with Crippen molar-refractivity contribution in [2.75, 3.05) is 14.1 Å². The van der Waals surface area contributed by atoms with Gasteiger partial charge in [-0.05, 0) is 47.4 Å². The first-order valence-electron chi connectivity index (χ1n) is 7.26. The van der Waals surface area contributed by atoms with Crippen LogP contribution in [-0.4, -0.2) is 30.6 Å². The van der Waals surface area contributed by atoms with Crippen LogP contribution in [0.4, 0.5) is 0 Å². The van der Waals surface area contributed by atoms with Gasteiger partial charge in [0.2, 0.25) is 0 Å². The highest BCUT2D eigenvalue weighted by atomic mass is 16.5. The van der Waals surface area contributed by atoms with E-state index in [-0.39, 0.29) is 17.7 Å². The Morgan fingerprint density at radius 1 is 1.30 bits per heavy atom. The average Bonchev–Trinajstić information content (AvgIpc) is 2.40. The molecule has 0 aliphatic heterocycles. The molecular weight excluding hydrogens is 250 g/mol. The molecule has 0 saturated carbocycles. The molecule has 20 heavy (non-hydrogen) atoms. The number of ether oxygens (including phenoxy) is 1. The Kier molecular flexibility index (Phi) is 5.99. The van der Waals surface area contributed by atoms with Crippen LogP contribution in [0.25, 0.3) is 0 Å². The molecule has 0 aliphatic rings. The standard InChI is InChI=1S/C16H29N3O/c1-7-16(4,19(5)6)15(18-17)13-10-8-9-11-14(13)20-12(2)3/h8-12,15,18H,7,17H2,1-6H3. The predicted octanol–water partition coefficient (Wildman–Crippen LogP) is 2.71. The molecule has 114 valence electrons. The van der Waals surface area contributed by atoms with E-state index in [1.54, 1.807) is 0 Å². The predicted molar refractivity (Wildman–Crippen MR) is 84.7 cm³/mol. The van der Waals surface area contributed by atoms with Gasteiger partial charge in [0.15, 0.2) is 0 Å². The van der Waals surface area contributed by atoms with Crippen LogP contribution >= 0.6 is 0 Å². The van der Waals surface area contributed by atoms with E-state index in [0.29, 0.717) is 0 Å². The molecule has 2 unspecified atom stereocenters. The number of rotatable bonds is 7. The van der Waals surface area contributed by atoms with Gasteiger partial charge in [0, 0.05) is 11.1 Å². The lowest BCUT2D eigenvalue weighted by Crippen LogP contribution is -2.53. The number of hydrogen-bond donors (Lipinski definition) is 2. The van der Waals surface area contributed by atoms with E-state index in [9.17, 15) is 0 Å². The number of nitrogens with two attached hydrogens (primary N) is 1. The number of para-hydroxylation sites is 1. The first-order chi connectivity index (χ1) is 9.36. The van der Waals surface area contributed by atoms with E-state index in [1.165, 1.54) is 0 Å². The van der Waals surface area contributed by atoms with Crippen LogP contribution in [0.1, 0.15) is 45.7 Å². The third-order valence-electron chi connectivity index (χ3n) is 4.12. The van der Waals surface area contributed by atoms with Crippen LogP contribution in [0.5, 0.6) is 5.75 Å². The Balaban J connectivity index is 3.24. The maximum atomic E-state index is 5.93. The van der Waals surface area contributed by atoms with Crippen LogP contribution in [0.2, 0.25) is 0 Å². The number of likely N-dealkylation sites (N-methyl/N-ethyl adjacent to an activating group) is 1. The first-order valence-corrected chi connectivity index (χ1v) is 7.26. The Morgan fingerprint density at radius 2 is 1.90 bits per heavy atom. The topological polar surface area (TPSA) is 50.5 Å². The number of hydrazine groups is 1. The summed E-state index contributed by atoms with van der Waals surface area (Å²) in [6, 6.07) is 8.11. The van der Waals surface area contributed by atoms with Gasteiger partial charge in [-0.25, -0.2) is 0 Å². The minimum Gasteiger partial charge on any atom is -0.491 e. The van der Waals surface area contributed by atoms with Crippen LogP contribution in [0.15, 0.2) is 24.3 Å². The molecule has 4 heteroatoms. The van der Waals surface area contributed by atoms with Crippen molar-refractivity contribution in [3.05, 3.63) is 29.8 Å². The number of nitrogens with zero attached hydrogens (tertiary/aromatic N) is 1. The fourth-order valence-corrected chi connectivity index (χ4v) is 2.46. The summed E-state index contributed by atoms with van der Waals surface area (Å²) >= 11 is 0. The maximum Gasteiger partial charge on any atom is 0.124 e. The van der Waals surface area contributed by atoms with Crippen molar-refractivity contribution >= 4 is 0 Å². The molecular formula is C16H29N3O. The highest BCUT2D eigenvalue weighted by molar-refractivity contribution is 5.38. The molecule has 1 rings (SSSR count). The number of hydrogen-bond acceptors (Lipinski definition) is 4. The average molecular weight is 279 g/mol. The zero-order chi connectivity index (χ0) is 15.3. The normalized spacial score (nSPS) is 16.2. The van der Waals surface area contributed by atoms with E-state index in [0.717, 1.165) is 17.7 Å². The minimum atomic E-state index is -0.0921. The minimum absolute atomic E-state index is 0.00236. The second-order valence-corrected chi connectivity index (χ2v) is 5.91. The van der Waals surface area contributed by atoms with Gasteiger partial charge in [-0.3, -0.25) is 11.3 Å². The van der Waals surface area contributed by atoms with Crippen molar-refractivity contribution in [1.82, 2.24) is 10.3 Å². The highest BCUT2D eigenvalue weighted by Gasteiger charge is 2.36. The summed E-state index contributed by atoms with van der Waals surface area (Å²) in [5.74, 6) is 6.77. The number of benzene rings is 1.